The Labute approximate surface area is 153 Å². The van der Waals surface area contributed by atoms with Crippen LogP contribution in [0.1, 0.15) is 42.9 Å². The summed E-state index contributed by atoms with van der Waals surface area (Å²) in [5, 5.41) is 2.98. The van der Waals surface area contributed by atoms with Crippen LogP contribution in [0, 0.1) is 11.6 Å². The second-order valence-electron chi connectivity index (χ2n) is 6.76. The molecule has 0 spiro atoms. The molecule has 0 aromatic heterocycles. The fourth-order valence-electron chi connectivity index (χ4n) is 3.44. The summed E-state index contributed by atoms with van der Waals surface area (Å²) in [7, 11) is 0. The van der Waals surface area contributed by atoms with Crippen LogP contribution < -0.4 is 5.32 Å². The van der Waals surface area contributed by atoms with E-state index in [9.17, 15) is 13.6 Å². The van der Waals surface area contributed by atoms with Gasteiger partial charge in [0.15, 0.2) is 11.6 Å². The number of rotatable bonds is 3. The fraction of sp³-hybridized carbons (Fsp3) is 0.381. The van der Waals surface area contributed by atoms with Gasteiger partial charge in [-0.3, -0.25) is 9.69 Å². The van der Waals surface area contributed by atoms with Gasteiger partial charge in [0.05, 0.1) is 0 Å². The van der Waals surface area contributed by atoms with Crippen molar-refractivity contribution in [1.29, 1.82) is 0 Å². The average Bonchev–Trinajstić information content (AvgIpc) is 2.65. The van der Waals surface area contributed by atoms with E-state index in [1.165, 1.54) is 6.07 Å². The van der Waals surface area contributed by atoms with Crippen LogP contribution in [0.15, 0.2) is 48.5 Å². The number of halogens is 2. The van der Waals surface area contributed by atoms with Gasteiger partial charge in [-0.05, 0) is 42.6 Å². The first kappa shape index (κ1) is 18.5. The largest absolute Gasteiger partial charge is 0.356 e. The molecule has 0 saturated carbocycles. The smallest absolute Gasteiger partial charge is 0.221 e. The van der Waals surface area contributed by atoms with Crippen LogP contribution in [0.3, 0.4) is 0 Å². The summed E-state index contributed by atoms with van der Waals surface area (Å²) < 4.78 is 26.9. The summed E-state index contributed by atoms with van der Waals surface area (Å²) in [6, 6.07) is 13.8. The highest BCUT2D eigenvalue weighted by Gasteiger charge is 2.24. The van der Waals surface area contributed by atoms with Gasteiger partial charge in [-0.2, -0.15) is 0 Å². The highest BCUT2D eigenvalue weighted by Crippen LogP contribution is 2.27. The number of nitrogens with zero attached hydrogens (tertiary/aromatic N) is 1. The average molecular weight is 358 g/mol. The Hall–Kier alpha value is -2.27. The lowest BCUT2D eigenvalue weighted by Crippen LogP contribution is -2.36. The van der Waals surface area contributed by atoms with Crippen molar-refractivity contribution in [2.75, 3.05) is 13.1 Å². The Bertz CT molecular complexity index is 736. The molecule has 1 amide bonds. The molecule has 1 heterocycles. The summed E-state index contributed by atoms with van der Waals surface area (Å²) >= 11 is 0. The predicted octanol–water partition coefficient (Wildman–Crippen LogP) is 4.20. The van der Waals surface area contributed by atoms with Crippen LogP contribution in [0.25, 0.3) is 0 Å². The van der Waals surface area contributed by atoms with Gasteiger partial charge < -0.3 is 5.32 Å². The SMILES string of the molecule is O=C1CC(c2ccccc2)N(Cc2ccc(F)c(F)c2)CCCCCN1. The lowest BCUT2D eigenvalue weighted by atomic mass is 9.99. The minimum absolute atomic E-state index is 0.0241. The van der Waals surface area contributed by atoms with Crippen LogP contribution in [-0.4, -0.2) is 23.9 Å². The maximum Gasteiger partial charge on any atom is 0.221 e. The van der Waals surface area contributed by atoms with Gasteiger partial charge in [0.25, 0.3) is 0 Å². The Morgan fingerprint density at radius 3 is 2.58 bits per heavy atom. The van der Waals surface area contributed by atoms with E-state index >= 15 is 0 Å². The number of carbonyl (C=O) groups is 1. The fourth-order valence-corrected chi connectivity index (χ4v) is 3.44. The maximum atomic E-state index is 13.6. The number of hydrogen-bond donors (Lipinski definition) is 1. The summed E-state index contributed by atoms with van der Waals surface area (Å²) in [4.78, 5) is 14.5. The minimum Gasteiger partial charge on any atom is -0.356 e. The van der Waals surface area contributed by atoms with Crippen molar-refractivity contribution in [3.63, 3.8) is 0 Å². The monoisotopic (exact) mass is 358 g/mol. The quantitative estimate of drug-likeness (QED) is 0.892. The first-order valence-corrected chi connectivity index (χ1v) is 9.13. The van der Waals surface area contributed by atoms with E-state index < -0.39 is 11.6 Å². The molecule has 1 atom stereocenters. The van der Waals surface area contributed by atoms with Crippen LogP contribution in [0.5, 0.6) is 0 Å². The first-order valence-electron chi connectivity index (χ1n) is 9.13. The topological polar surface area (TPSA) is 32.3 Å². The van der Waals surface area contributed by atoms with Gasteiger partial charge in [-0.1, -0.05) is 42.8 Å². The third-order valence-corrected chi connectivity index (χ3v) is 4.82. The van der Waals surface area contributed by atoms with Crippen molar-refractivity contribution < 1.29 is 13.6 Å². The number of benzene rings is 2. The number of nitrogens with one attached hydrogen (secondary N) is 1. The van der Waals surface area contributed by atoms with Gasteiger partial charge in [0.1, 0.15) is 0 Å². The minimum atomic E-state index is -0.839. The van der Waals surface area contributed by atoms with Gasteiger partial charge in [0, 0.05) is 25.6 Å². The zero-order chi connectivity index (χ0) is 18.4. The van der Waals surface area contributed by atoms with Crippen LogP contribution in [-0.2, 0) is 11.3 Å². The van der Waals surface area contributed by atoms with Gasteiger partial charge >= 0.3 is 0 Å². The molecule has 0 radical (unpaired) electrons. The molecule has 26 heavy (non-hydrogen) atoms. The molecule has 3 nitrogen and oxygen atoms in total. The van der Waals surface area contributed by atoms with Crippen LogP contribution >= 0.6 is 0 Å². The maximum absolute atomic E-state index is 13.6. The molecule has 1 saturated heterocycles. The molecule has 1 aliphatic heterocycles. The molecular weight excluding hydrogens is 334 g/mol. The van der Waals surface area contributed by atoms with Crippen molar-refractivity contribution in [2.45, 2.75) is 38.3 Å². The van der Waals surface area contributed by atoms with Crippen molar-refractivity contribution in [1.82, 2.24) is 10.2 Å². The van der Waals surface area contributed by atoms with Crippen molar-refractivity contribution in [2.24, 2.45) is 0 Å². The molecule has 1 fully saturated rings. The van der Waals surface area contributed by atoms with E-state index in [0.29, 0.717) is 25.1 Å². The van der Waals surface area contributed by atoms with E-state index in [1.54, 1.807) is 6.07 Å². The summed E-state index contributed by atoms with van der Waals surface area (Å²) in [6.45, 7) is 2.00. The van der Waals surface area contributed by atoms with Crippen LogP contribution in [0.4, 0.5) is 8.78 Å². The normalized spacial score (nSPS) is 19.8. The van der Waals surface area contributed by atoms with E-state index in [1.807, 2.05) is 30.3 Å². The molecule has 1 unspecified atom stereocenters. The number of carbonyl (C=O) groups excluding carboxylic acids is 1. The molecule has 1 N–H and O–H groups in total. The second kappa shape index (κ2) is 8.90. The zero-order valence-corrected chi connectivity index (χ0v) is 14.8. The Morgan fingerprint density at radius 2 is 1.81 bits per heavy atom. The second-order valence-corrected chi connectivity index (χ2v) is 6.76. The van der Waals surface area contributed by atoms with Gasteiger partial charge in [-0.15, -0.1) is 0 Å². The summed E-state index contributed by atoms with van der Waals surface area (Å²) in [5.74, 6) is -1.65. The molecule has 5 heteroatoms. The Morgan fingerprint density at radius 1 is 1.00 bits per heavy atom. The zero-order valence-electron chi connectivity index (χ0n) is 14.8. The molecule has 138 valence electrons. The standard InChI is InChI=1S/C21H24F2N2O/c22-18-10-9-16(13-19(18)23)15-25-12-6-2-5-11-24-21(26)14-20(25)17-7-3-1-4-8-17/h1,3-4,7-10,13,20H,2,5-6,11-12,14-15H2,(H,24,26). The third-order valence-electron chi connectivity index (χ3n) is 4.82. The third kappa shape index (κ3) is 4.88. The van der Waals surface area contributed by atoms with E-state index in [4.69, 9.17) is 0 Å². The highest BCUT2D eigenvalue weighted by molar-refractivity contribution is 5.76. The first-order chi connectivity index (χ1) is 12.6. The Balaban J connectivity index is 1.88. The van der Waals surface area contributed by atoms with Gasteiger partial charge in [-0.25, -0.2) is 8.78 Å². The van der Waals surface area contributed by atoms with E-state index in [2.05, 4.69) is 10.2 Å². The van der Waals surface area contributed by atoms with Crippen LogP contribution in [0.2, 0.25) is 0 Å². The van der Waals surface area contributed by atoms with Crippen molar-refractivity contribution in [3.05, 3.63) is 71.3 Å². The summed E-state index contributed by atoms with van der Waals surface area (Å²) in [6.07, 6.45) is 3.34. The molecular formula is C21H24F2N2O. The highest BCUT2D eigenvalue weighted by atomic mass is 19.2. The lowest BCUT2D eigenvalue weighted by molar-refractivity contribution is -0.122. The molecule has 0 aliphatic carbocycles. The van der Waals surface area contributed by atoms with E-state index in [-0.39, 0.29) is 11.9 Å². The molecule has 0 bridgehead atoms. The number of amides is 1. The van der Waals surface area contributed by atoms with E-state index in [0.717, 1.165) is 37.4 Å². The van der Waals surface area contributed by atoms with Crippen molar-refractivity contribution in [3.8, 4) is 0 Å². The lowest BCUT2D eigenvalue weighted by Gasteiger charge is -2.33. The summed E-state index contributed by atoms with van der Waals surface area (Å²) in [5.41, 5.74) is 1.77. The van der Waals surface area contributed by atoms with Crippen molar-refractivity contribution >= 4 is 5.91 Å². The van der Waals surface area contributed by atoms with Gasteiger partial charge in [0.2, 0.25) is 5.91 Å². The Kier molecular flexibility index (Phi) is 6.34. The molecule has 1 aliphatic rings. The predicted molar refractivity (Wildman–Crippen MR) is 97.4 cm³/mol. The molecule has 2 aromatic rings. The molecule has 2 aromatic carbocycles. The number of hydrogen-bond acceptors (Lipinski definition) is 2. The molecule has 3 rings (SSSR count).